The highest BCUT2D eigenvalue weighted by Gasteiger charge is 2.12. The number of carbonyl (C=O) groups is 1. The molecule has 2 aromatic rings. The highest BCUT2D eigenvalue weighted by Crippen LogP contribution is 2.22. The van der Waals surface area contributed by atoms with Gasteiger partial charge in [-0.2, -0.15) is 0 Å². The third-order valence-corrected chi connectivity index (χ3v) is 3.62. The first-order chi connectivity index (χ1) is 8.61. The van der Waals surface area contributed by atoms with E-state index in [0.717, 1.165) is 22.0 Å². The molecule has 1 nitrogen and oxygen atoms in total. The third kappa shape index (κ3) is 2.70. The molecule has 2 rings (SSSR count). The van der Waals surface area contributed by atoms with E-state index >= 15 is 0 Å². The Bertz CT molecular complexity index is 587. The summed E-state index contributed by atoms with van der Waals surface area (Å²) in [5, 5.41) is 0. The molecular weight excluding hydrogens is 288 g/mol. The van der Waals surface area contributed by atoms with Crippen LogP contribution in [-0.4, -0.2) is 5.78 Å². The van der Waals surface area contributed by atoms with E-state index in [-0.39, 0.29) is 5.78 Å². The molecule has 0 aliphatic carbocycles. The maximum absolute atomic E-state index is 12.4. The lowest BCUT2D eigenvalue weighted by Crippen LogP contribution is -2.03. The Morgan fingerprint density at radius 1 is 1.17 bits per heavy atom. The molecule has 18 heavy (non-hydrogen) atoms. The van der Waals surface area contributed by atoms with Gasteiger partial charge in [-0.15, -0.1) is 0 Å². The Hall–Kier alpha value is -1.41. The van der Waals surface area contributed by atoms with Gasteiger partial charge >= 0.3 is 0 Å². The summed E-state index contributed by atoms with van der Waals surface area (Å²) < 4.78 is 0.856. The minimum atomic E-state index is 0.0668. The van der Waals surface area contributed by atoms with E-state index in [1.54, 1.807) is 0 Å². The SMILES string of the molecule is CCc1cccc(C(=O)c2ccc(C)cc2Br)c1. The number of hydrogen-bond acceptors (Lipinski definition) is 1. The molecule has 0 radical (unpaired) electrons. The zero-order valence-electron chi connectivity index (χ0n) is 10.5. The van der Waals surface area contributed by atoms with E-state index in [9.17, 15) is 4.79 Å². The summed E-state index contributed by atoms with van der Waals surface area (Å²) in [7, 11) is 0. The molecule has 0 aliphatic rings. The van der Waals surface area contributed by atoms with Crippen molar-refractivity contribution < 1.29 is 4.79 Å². The van der Waals surface area contributed by atoms with Gasteiger partial charge in [0.15, 0.2) is 5.78 Å². The maximum Gasteiger partial charge on any atom is 0.194 e. The van der Waals surface area contributed by atoms with Crippen LogP contribution in [0, 0.1) is 6.92 Å². The Labute approximate surface area is 116 Å². The van der Waals surface area contributed by atoms with Crippen LogP contribution in [0.25, 0.3) is 0 Å². The lowest BCUT2D eigenvalue weighted by Gasteiger charge is -2.06. The molecule has 0 bridgehead atoms. The van der Waals surface area contributed by atoms with Crippen molar-refractivity contribution in [3.63, 3.8) is 0 Å². The van der Waals surface area contributed by atoms with Crippen LogP contribution in [0.15, 0.2) is 46.9 Å². The summed E-state index contributed by atoms with van der Waals surface area (Å²) >= 11 is 3.46. The van der Waals surface area contributed by atoms with Crippen molar-refractivity contribution in [3.05, 3.63) is 69.2 Å². The average Bonchev–Trinajstić information content (AvgIpc) is 2.38. The van der Waals surface area contributed by atoms with Gasteiger partial charge in [-0.25, -0.2) is 0 Å². The molecule has 0 saturated heterocycles. The molecule has 0 saturated carbocycles. The van der Waals surface area contributed by atoms with Crippen molar-refractivity contribution in [2.45, 2.75) is 20.3 Å². The van der Waals surface area contributed by atoms with Crippen LogP contribution in [-0.2, 0) is 6.42 Å². The first-order valence-corrected chi connectivity index (χ1v) is 6.81. The number of benzene rings is 2. The van der Waals surface area contributed by atoms with Gasteiger partial charge in [-0.05, 0) is 42.7 Å². The Kier molecular flexibility index (Phi) is 3.97. The zero-order valence-corrected chi connectivity index (χ0v) is 12.1. The van der Waals surface area contributed by atoms with Gasteiger partial charge < -0.3 is 0 Å². The Balaban J connectivity index is 2.41. The van der Waals surface area contributed by atoms with E-state index < -0.39 is 0 Å². The number of hydrogen-bond donors (Lipinski definition) is 0. The van der Waals surface area contributed by atoms with E-state index in [0.29, 0.717) is 5.56 Å². The minimum Gasteiger partial charge on any atom is -0.289 e. The van der Waals surface area contributed by atoms with E-state index in [4.69, 9.17) is 0 Å². The predicted molar refractivity (Wildman–Crippen MR) is 78.1 cm³/mol. The first-order valence-electron chi connectivity index (χ1n) is 6.01. The van der Waals surface area contributed by atoms with Gasteiger partial charge in [-0.1, -0.05) is 47.1 Å². The molecule has 92 valence electrons. The molecule has 0 unspecified atom stereocenters. The summed E-state index contributed by atoms with van der Waals surface area (Å²) in [6, 6.07) is 13.6. The lowest BCUT2D eigenvalue weighted by molar-refractivity contribution is 0.103. The number of ketones is 1. The standard InChI is InChI=1S/C16H15BrO/c1-3-12-5-4-6-13(10-12)16(18)14-8-7-11(2)9-15(14)17/h4-10H,3H2,1-2H3. The number of carbonyl (C=O) groups excluding carboxylic acids is 1. The quantitative estimate of drug-likeness (QED) is 0.760. The van der Waals surface area contributed by atoms with Crippen molar-refractivity contribution >= 4 is 21.7 Å². The highest BCUT2D eigenvalue weighted by molar-refractivity contribution is 9.10. The molecule has 0 aliphatic heterocycles. The second-order valence-electron chi connectivity index (χ2n) is 4.37. The first kappa shape index (κ1) is 13.0. The van der Waals surface area contributed by atoms with Crippen LogP contribution in [0.4, 0.5) is 0 Å². The van der Waals surface area contributed by atoms with Crippen molar-refractivity contribution in [3.8, 4) is 0 Å². The van der Waals surface area contributed by atoms with Crippen molar-refractivity contribution in [2.24, 2.45) is 0 Å². The number of halogens is 1. The van der Waals surface area contributed by atoms with Gasteiger partial charge in [0.05, 0.1) is 0 Å². The molecule has 0 aromatic heterocycles. The van der Waals surface area contributed by atoms with Crippen LogP contribution in [0.2, 0.25) is 0 Å². The lowest BCUT2D eigenvalue weighted by atomic mass is 10.00. The van der Waals surface area contributed by atoms with Gasteiger partial charge in [0, 0.05) is 15.6 Å². The Morgan fingerprint density at radius 3 is 2.61 bits per heavy atom. The van der Waals surface area contributed by atoms with Crippen LogP contribution < -0.4 is 0 Å². The molecule has 0 fully saturated rings. The molecule has 0 heterocycles. The molecule has 0 amide bonds. The molecule has 2 heteroatoms. The molecule has 2 aromatic carbocycles. The summed E-state index contributed by atoms with van der Waals surface area (Å²) in [5.41, 5.74) is 3.79. The largest absolute Gasteiger partial charge is 0.289 e. The van der Waals surface area contributed by atoms with Crippen molar-refractivity contribution in [1.29, 1.82) is 0 Å². The van der Waals surface area contributed by atoms with Crippen molar-refractivity contribution in [2.75, 3.05) is 0 Å². The van der Waals surface area contributed by atoms with Gasteiger partial charge in [-0.3, -0.25) is 4.79 Å². The van der Waals surface area contributed by atoms with Crippen LogP contribution >= 0.6 is 15.9 Å². The summed E-state index contributed by atoms with van der Waals surface area (Å²) in [6.07, 6.45) is 0.941. The Morgan fingerprint density at radius 2 is 1.94 bits per heavy atom. The fourth-order valence-corrected chi connectivity index (χ4v) is 2.57. The summed E-state index contributed by atoms with van der Waals surface area (Å²) in [5.74, 6) is 0.0668. The monoisotopic (exact) mass is 302 g/mol. The van der Waals surface area contributed by atoms with Crippen LogP contribution in [0.3, 0.4) is 0 Å². The number of aryl methyl sites for hydroxylation is 2. The molecule has 0 N–H and O–H groups in total. The number of rotatable bonds is 3. The van der Waals surface area contributed by atoms with E-state index in [1.807, 2.05) is 49.4 Å². The minimum absolute atomic E-state index is 0.0668. The van der Waals surface area contributed by atoms with Gasteiger partial charge in [0.1, 0.15) is 0 Å². The second kappa shape index (κ2) is 5.49. The zero-order chi connectivity index (χ0) is 13.1. The second-order valence-corrected chi connectivity index (χ2v) is 5.22. The topological polar surface area (TPSA) is 17.1 Å². The molecule has 0 atom stereocenters. The maximum atomic E-state index is 12.4. The fraction of sp³-hybridized carbons (Fsp3) is 0.188. The van der Waals surface area contributed by atoms with Gasteiger partial charge in [0.2, 0.25) is 0 Å². The highest BCUT2D eigenvalue weighted by atomic mass is 79.9. The van der Waals surface area contributed by atoms with Crippen molar-refractivity contribution in [1.82, 2.24) is 0 Å². The third-order valence-electron chi connectivity index (χ3n) is 2.97. The molecule has 0 spiro atoms. The van der Waals surface area contributed by atoms with Crippen LogP contribution in [0.5, 0.6) is 0 Å². The van der Waals surface area contributed by atoms with E-state index in [2.05, 4.69) is 22.9 Å². The predicted octanol–water partition coefficient (Wildman–Crippen LogP) is 4.55. The summed E-state index contributed by atoms with van der Waals surface area (Å²) in [4.78, 5) is 12.4. The van der Waals surface area contributed by atoms with Crippen LogP contribution in [0.1, 0.15) is 34.0 Å². The molecular formula is C16H15BrO. The van der Waals surface area contributed by atoms with Gasteiger partial charge in [0.25, 0.3) is 0 Å². The smallest absolute Gasteiger partial charge is 0.194 e. The fourth-order valence-electron chi connectivity index (χ4n) is 1.89. The normalized spacial score (nSPS) is 10.4. The van der Waals surface area contributed by atoms with E-state index in [1.165, 1.54) is 5.56 Å². The summed E-state index contributed by atoms with van der Waals surface area (Å²) in [6.45, 7) is 4.10. The average molecular weight is 303 g/mol.